The van der Waals surface area contributed by atoms with Gasteiger partial charge in [-0.25, -0.2) is 4.79 Å². The van der Waals surface area contributed by atoms with Gasteiger partial charge in [-0.2, -0.15) is 0 Å². The van der Waals surface area contributed by atoms with E-state index in [0.717, 1.165) is 17.5 Å². The van der Waals surface area contributed by atoms with Crippen molar-refractivity contribution in [2.24, 2.45) is 0 Å². The third-order valence-electron chi connectivity index (χ3n) is 3.34. The fraction of sp³-hybridized carbons (Fsp3) is 0.500. The summed E-state index contributed by atoms with van der Waals surface area (Å²) >= 11 is 2.57. The molecule has 1 saturated heterocycles. The highest BCUT2D eigenvalue weighted by atomic mass is 32.2. The Hall–Kier alpha value is -1.54. The van der Waals surface area contributed by atoms with Crippen molar-refractivity contribution in [2.75, 3.05) is 38.4 Å². The maximum Gasteiger partial charge on any atom is 0.367 e. The molecule has 0 spiro atoms. The molecule has 2 rings (SSSR count). The average Bonchev–Trinajstić information content (AvgIpc) is 3.07. The van der Waals surface area contributed by atoms with Gasteiger partial charge in [0.15, 0.2) is 11.5 Å². The van der Waals surface area contributed by atoms with Crippen LogP contribution >= 0.6 is 23.5 Å². The van der Waals surface area contributed by atoms with Gasteiger partial charge in [0.05, 0.1) is 19.5 Å². The molecular formula is C16H21NO5S2. The quantitative estimate of drug-likeness (QED) is 0.683. The summed E-state index contributed by atoms with van der Waals surface area (Å²) in [5.41, 5.74) is 0. The topological polar surface area (TPSA) is 65.1 Å². The molecule has 1 aromatic rings. The van der Waals surface area contributed by atoms with Crippen molar-refractivity contribution in [1.82, 2.24) is 4.90 Å². The maximum absolute atomic E-state index is 12.3. The van der Waals surface area contributed by atoms with Crippen molar-refractivity contribution in [3.63, 3.8) is 0 Å². The van der Waals surface area contributed by atoms with Crippen LogP contribution in [0.4, 0.5) is 4.79 Å². The number of amides is 1. The van der Waals surface area contributed by atoms with Gasteiger partial charge in [-0.1, -0.05) is 12.1 Å². The minimum absolute atomic E-state index is 0.0646. The lowest BCUT2D eigenvalue weighted by molar-refractivity contribution is -0.128. The van der Waals surface area contributed by atoms with Crippen LogP contribution in [0.25, 0.3) is 0 Å². The first-order valence-corrected chi connectivity index (χ1v) is 9.65. The van der Waals surface area contributed by atoms with Gasteiger partial charge in [-0.3, -0.25) is 4.79 Å². The van der Waals surface area contributed by atoms with Crippen LogP contribution in [0.15, 0.2) is 24.3 Å². The molecule has 0 bridgehead atoms. The molecular weight excluding hydrogens is 350 g/mol. The Morgan fingerprint density at radius 3 is 2.79 bits per heavy atom. The minimum atomic E-state index is -0.417. The van der Waals surface area contributed by atoms with Crippen LogP contribution in [0.1, 0.15) is 6.92 Å². The van der Waals surface area contributed by atoms with E-state index in [1.54, 1.807) is 30.7 Å². The number of methoxy groups -OCH3 is 1. The highest BCUT2D eigenvalue weighted by Gasteiger charge is 2.30. The van der Waals surface area contributed by atoms with Crippen molar-refractivity contribution >= 4 is 34.7 Å². The van der Waals surface area contributed by atoms with E-state index in [4.69, 9.17) is 14.2 Å². The number of carbonyl (C=O) groups excluding carboxylic acids is 2. The summed E-state index contributed by atoms with van der Waals surface area (Å²) in [6.07, 6.45) is 0. The summed E-state index contributed by atoms with van der Waals surface area (Å²) in [6.45, 7) is 3.09. The van der Waals surface area contributed by atoms with Gasteiger partial charge in [0.1, 0.15) is 12.0 Å². The molecule has 1 amide bonds. The SMILES string of the molecule is CCOC(=O)SCC(=O)N1CCSC1COc1ccccc1OC. The highest BCUT2D eigenvalue weighted by Crippen LogP contribution is 2.29. The van der Waals surface area contributed by atoms with Crippen LogP contribution in [0.2, 0.25) is 0 Å². The van der Waals surface area contributed by atoms with E-state index in [9.17, 15) is 9.59 Å². The third-order valence-corrected chi connectivity index (χ3v) is 5.28. The summed E-state index contributed by atoms with van der Waals surface area (Å²) in [6, 6.07) is 7.41. The van der Waals surface area contributed by atoms with E-state index in [-0.39, 0.29) is 17.0 Å². The van der Waals surface area contributed by atoms with Crippen LogP contribution in [-0.2, 0) is 9.53 Å². The number of benzene rings is 1. The van der Waals surface area contributed by atoms with Crippen molar-refractivity contribution < 1.29 is 23.8 Å². The normalized spacial score (nSPS) is 16.8. The van der Waals surface area contributed by atoms with Gasteiger partial charge >= 0.3 is 5.30 Å². The molecule has 1 heterocycles. The fourth-order valence-corrected chi connectivity index (χ4v) is 3.96. The number of hydrogen-bond acceptors (Lipinski definition) is 7. The lowest BCUT2D eigenvalue weighted by Crippen LogP contribution is -2.39. The second-order valence-corrected chi connectivity index (χ2v) is 7.04. The zero-order valence-corrected chi connectivity index (χ0v) is 15.4. The largest absolute Gasteiger partial charge is 0.493 e. The van der Waals surface area contributed by atoms with Gasteiger partial charge in [0.25, 0.3) is 0 Å². The molecule has 0 aliphatic carbocycles. The fourth-order valence-electron chi connectivity index (χ4n) is 2.21. The van der Waals surface area contributed by atoms with Crippen LogP contribution in [0, 0.1) is 0 Å². The molecule has 6 nitrogen and oxygen atoms in total. The van der Waals surface area contributed by atoms with Gasteiger partial charge in [-0.05, 0) is 30.8 Å². The molecule has 0 radical (unpaired) electrons. The highest BCUT2D eigenvalue weighted by molar-refractivity contribution is 8.13. The zero-order valence-electron chi connectivity index (χ0n) is 13.7. The van der Waals surface area contributed by atoms with Crippen molar-refractivity contribution in [3.8, 4) is 11.5 Å². The van der Waals surface area contributed by atoms with Gasteiger partial charge in [0, 0.05) is 12.3 Å². The predicted octanol–water partition coefficient (Wildman–Crippen LogP) is 2.87. The Labute approximate surface area is 150 Å². The van der Waals surface area contributed by atoms with Gasteiger partial charge in [0.2, 0.25) is 5.91 Å². The Balaban J connectivity index is 1.86. The minimum Gasteiger partial charge on any atom is -0.493 e. The maximum atomic E-state index is 12.3. The number of para-hydroxylation sites is 2. The van der Waals surface area contributed by atoms with Gasteiger partial charge in [-0.15, -0.1) is 11.8 Å². The van der Waals surface area contributed by atoms with Crippen LogP contribution in [0.3, 0.4) is 0 Å². The van der Waals surface area contributed by atoms with Crippen molar-refractivity contribution in [2.45, 2.75) is 12.3 Å². The van der Waals surface area contributed by atoms with E-state index < -0.39 is 5.30 Å². The molecule has 1 aliphatic heterocycles. The van der Waals surface area contributed by atoms with Crippen molar-refractivity contribution in [1.29, 1.82) is 0 Å². The number of carbonyl (C=O) groups is 2. The first kappa shape index (κ1) is 18.8. The molecule has 8 heteroatoms. The molecule has 0 saturated carbocycles. The van der Waals surface area contributed by atoms with E-state index in [1.165, 1.54) is 0 Å². The Morgan fingerprint density at radius 2 is 2.08 bits per heavy atom. The van der Waals surface area contributed by atoms with E-state index in [0.29, 0.717) is 31.3 Å². The summed E-state index contributed by atoms with van der Waals surface area (Å²) < 4.78 is 15.9. The van der Waals surface area contributed by atoms with Crippen LogP contribution < -0.4 is 9.47 Å². The average molecular weight is 371 g/mol. The molecule has 1 unspecified atom stereocenters. The number of hydrogen-bond donors (Lipinski definition) is 0. The molecule has 132 valence electrons. The molecule has 24 heavy (non-hydrogen) atoms. The van der Waals surface area contributed by atoms with E-state index in [1.807, 2.05) is 24.3 Å². The molecule has 1 fully saturated rings. The Morgan fingerprint density at radius 1 is 1.33 bits per heavy atom. The van der Waals surface area contributed by atoms with Gasteiger partial charge < -0.3 is 19.1 Å². The predicted molar refractivity (Wildman–Crippen MR) is 95.9 cm³/mol. The molecule has 1 aliphatic rings. The Kier molecular flexibility index (Phi) is 7.58. The molecule has 0 N–H and O–H groups in total. The smallest absolute Gasteiger partial charge is 0.367 e. The molecule has 1 aromatic carbocycles. The number of rotatable bonds is 7. The lowest BCUT2D eigenvalue weighted by atomic mass is 10.3. The second kappa shape index (κ2) is 9.68. The lowest BCUT2D eigenvalue weighted by Gasteiger charge is -2.24. The monoisotopic (exact) mass is 371 g/mol. The first-order chi connectivity index (χ1) is 11.7. The summed E-state index contributed by atoms with van der Waals surface area (Å²) in [5, 5.41) is -0.482. The second-order valence-electron chi connectivity index (χ2n) is 4.85. The van der Waals surface area contributed by atoms with Crippen LogP contribution in [0.5, 0.6) is 11.5 Å². The van der Waals surface area contributed by atoms with Crippen molar-refractivity contribution in [3.05, 3.63) is 24.3 Å². The van der Waals surface area contributed by atoms with E-state index in [2.05, 4.69) is 0 Å². The number of ether oxygens (including phenoxy) is 3. The van der Waals surface area contributed by atoms with Crippen LogP contribution in [-0.4, -0.2) is 59.9 Å². The first-order valence-electron chi connectivity index (χ1n) is 7.62. The molecule has 0 aromatic heterocycles. The Bertz CT molecular complexity index is 569. The summed E-state index contributed by atoms with van der Waals surface area (Å²) in [5.74, 6) is 2.18. The zero-order chi connectivity index (χ0) is 17.4. The summed E-state index contributed by atoms with van der Waals surface area (Å²) in [7, 11) is 1.59. The number of nitrogens with zero attached hydrogens (tertiary/aromatic N) is 1. The number of thioether (sulfide) groups is 2. The summed E-state index contributed by atoms with van der Waals surface area (Å²) in [4.78, 5) is 25.4. The molecule has 1 atom stereocenters. The third kappa shape index (κ3) is 5.24. The standard InChI is InChI=1S/C16H21NO5S2/c1-3-21-16(19)24-11-14(18)17-8-9-23-15(17)10-22-13-7-5-4-6-12(13)20-2/h4-7,15H,3,8-11H2,1-2H3. The van der Waals surface area contributed by atoms with E-state index >= 15 is 0 Å².